The molecule has 0 aliphatic carbocycles. The lowest BCUT2D eigenvalue weighted by Crippen LogP contribution is -2.04. The van der Waals surface area contributed by atoms with Crippen LogP contribution in [0.15, 0.2) is 35.7 Å². The second kappa shape index (κ2) is 5.31. The Labute approximate surface area is 105 Å². The standard InChI is InChI=1S/C12H14N4O2/c1-9(15-17)10-3-5-11(6-4-10)18-7-12-13-8-14-16(12)2/h3-6,8,17H,7H2,1-2H3. The molecule has 0 atom stereocenters. The SMILES string of the molecule is CC(=NO)c1ccc(OCc2ncnn2C)cc1. The Bertz CT molecular complexity index is 545. The molecule has 0 bridgehead atoms. The molecule has 1 aromatic carbocycles. The van der Waals surface area contributed by atoms with Gasteiger partial charge in [0.05, 0.1) is 5.71 Å². The maximum atomic E-state index is 8.66. The number of ether oxygens (including phenoxy) is 1. The van der Waals surface area contributed by atoms with Crippen molar-refractivity contribution in [1.29, 1.82) is 0 Å². The van der Waals surface area contributed by atoms with E-state index in [4.69, 9.17) is 9.94 Å². The maximum absolute atomic E-state index is 8.66. The van der Waals surface area contributed by atoms with Gasteiger partial charge in [-0.15, -0.1) is 0 Å². The molecule has 0 saturated carbocycles. The molecule has 0 aliphatic heterocycles. The second-order valence-electron chi connectivity index (χ2n) is 3.80. The van der Waals surface area contributed by atoms with Crippen LogP contribution in [0.5, 0.6) is 5.75 Å². The molecule has 2 aromatic rings. The largest absolute Gasteiger partial charge is 0.486 e. The molecule has 0 spiro atoms. The molecule has 1 N–H and O–H groups in total. The quantitative estimate of drug-likeness (QED) is 0.505. The van der Waals surface area contributed by atoms with Gasteiger partial charge < -0.3 is 9.94 Å². The highest BCUT2D eigenvalue weighted by Gasteiger charge is 2.02. The van der Waals surface area contributed by atoms with Crippen LogP contribution in [-0.4, -0.2) is 25.7 Å². The molecule has 2 rings (SSSR count). The summed E-state index contributed by atoms with van der Waals surface area (Å²) in [5.41, 5.74) is 1.42. The highest BCUT2D eigenvalue weighted by Crippen LogP contribution is 2.14. The van der Waals surface area contributed by atoms with Gasteiger partial charge in [-0.2, -0.15) is 5.10 Å². The van der Waals surface area contributed by atoms with Gasteiger partial charge >= 0.3 is 0 Å². The molecule has 0 aliphatic rings. The van der Waals surface area contributed by atoms with E-state index in [0.717, 1.165) is 17.1 Å². The molecule has 6 nitrogen and oxygen atoms in total. The van der Waals surface area contributed by atoms with Crippen LogP contribution in [0.3, 0.4) is 0 Å². The number of aryl methyl sites for hydroxylation is 1. The average molecular weight is 246 g/mol. The first-order valence-electron chi connectivity index (χ1n) is 5.45. The third kappa shape index (κ3) is 2.65. The number of hydrogen-bond donors (Lipinski definition) is 1. The van der Waals surface area contributed by atoms with Gasteiger partial charge in [0.25, 0.3) is 0 Å². The van der Waals surface area contributed by atoms with Crippen molar-refractivity contribution in [2.45, 2.75) is 13.5 Å². The van der Waals surface area contributed by atoms with Crippen molar-refractivity contribution in [3.05, 3.63) is 42.0 Å². The van der Waals surface area contributed by atoms with Crippen LogP contribution in [0.25, 0.3) is 0 Å². The fourth-order valence-corrected chi connectivity index (χ4v) is 1.45. The fraction of sp³-hybridized carbons (Fsp3) is 0.250. The Morgan fingerprint density at radius 2 is 2.11 bits per heavy atom. The summed E-state index contributed by atoms with van der Waals surface area (Å²) < 4.78 is 7.24. The third-order valence-electron chi connectivity index (χ3n) is 2.60. The Morgan fingerprint density at radius 3 is 2.67 bits per heavy atom. The van der Waals surface area contributed by atoms with Gasteiger partial charge in [-0.3, -0.25) is 4.68 Å². The molecule has 0 amide bonds. The van der Waals surface area contributed by atoms with Crippen LogP contribution >= 0.6 is 0 Å². The van der Waals surface area contributed by atoms with Crippen LogP contribution in [0, 0.1) is 0 Å². The van der Waals surface area contributed by atoms with Crippen molar-refractivity contribution in [3.8, 4) is 5.75 Å². The fourth-order valence-electron chi connectivity index (χ4n) is 1.45. The van der Waals surface area contributed by atoms with Crippen LogP contribution in [0.4, 0.5) is 0 Å². The molecule has 0 fully saturated rings. The minimum Gasteiger partial charge on any atom is -0.486 e. The second-order valence-corrected chi connectivity index (χ2v) is 3.80. The number of nitrogens with zero attached hydrogens (tertiary/aromatic N) is 4. The predicted octanol–water partition coefficient (Wildman–Crippen LogP) is 1.59. The van der Waals surface area contributed by atoms with Gasteiger partial charge in [0.1, 0.15) is 18.7 Å². The summed E-state index contributed by atoms with van der Waals surface area (Å²) >= 11 is 0. The summed E-state index contributed by atoms with van der Waals surface area (Å²) in [4.78, 5) is 4.06. The summed E-state index contributed by atoms with van der Waals surface area (Å²) in [6.07, 6.45) is 1.49. The molecule has 1 aromatic heterocycles. The smallest absolute Gasteiger partial charge is 0.164 e. The minimum absolute atomic E-state index is 0.364. The molecule has 1 heterocycles. The maximum Gasteiger partial charge on any atom is 0.164 e. The summed E-state index contributed by atoms with van der Waals surface area (Å²) in [6.45, 7) is 2.10. The Morgan fingerprint density at radius 1 is 1.39 bits per heavy atom. The van der Waals surface area contributed by atoms with Crippen molar-refractivity contribution in [3.63, 3.8) is 0 Å². The number of aromatic nitrogens is 3. The average Bonchev–Trinajstić information content (AvgIpc) is 2.81. The van der Waals surface area contributed by atoms with E-state index in [2.05, 4.69) is 15.2 Å². The lowest BCUT2D eigenvalue weighted by molar-refractivity contribution is 0.289. The van der Waals surface area contributed by atoms with Gasteiger partial charge in [-0.05, 0) is 36.8 Å². The van der Waals surface area contributed by atoms with Crippen LogP contribution < -0.4 is 4.74 Å². The molecular weight excluding hydrogens is 232 g/mol. The van der Waals surface area contributed by atoms with E-state index >= 15 is 0 Å². The normalized spacial score (nSPS) is 11.6. The van der Waals surface area contributed by atoms with E-state index in [1.807, 2.05) is 31.3 Å². The number of benzene rings is 1. The lowest BCUT2D eigenvalue weighted by Gasteiger charge is -2.06. The Balaban J connectivity index is 2.01. The van der Waals surface area contributed by atoms with Gasteiger partial charge in [-0.25, -0.2) is 4.98 Å². The van der Waals surface area contributed by atoms with E-state index in [1.165, 1.54) is 6.33 Å². The summed E-state index contributed by atoms with van der Waals surface area (Å²) in [5.74, 6) is 1.49. The first kappa shape index (κ1) is 12.1. The molecule has 0 radical (unpaired) electrons. The highest BCUT2D eigenvalue weighted by molar-refractivity contribution is 5.98. The molecule has 0 unspecified atom stereocenters. The lowest BCUT2D eigenvalue weighted by atomic mass is 10.1. The van der Waals surface area contributed by atoms with Crippen molar-refractivity contribution in [2.75, 3.05) is 0 Å². The zero-order chi connectivity index (χ0) is 13.0. The van der Waals surface area contributed by atoms with Crippen molar-refractivity contribution in [2.24, 2.45) is 12.2 Å². The van der Waals surface area contributed by atoms with E-state index in [9.17, 15) is 0 Å². The molecule has 18 heavy (non-hydrogen) atoms. The minimum atomic E-state index is 0.364. The number of rotatable bonds is 4. The van der Waals surface area contributed by atoms with Gasteiger partial charge in [-0.1, -0.05) is 5.16 Å². The molecule has 6 heteroatoms. The third-order valence-corrected chi connectivity index (χ3v) is 2.60. The van der Waals surface area contributed by atoms with E-state index in [0.29, 0.717) is 12.3 Å². The zero-order valence-electron chi connectivity index (χ0n) is 10.2. The zero-order valence-corrected chi connectivity index (χ0v) is 10.2. The Hall–Kier alpha value is -2.37. The van der Waals surface area contributed by atoms with Crippen molar-refractivity contribution >= 4 is 5.71 Å². The van der Waals surface area contributed by atoms with Crippen LogP contribution in [0.1, 0.15) is 18.3 Å². The number of oxime groups is 1. The van der Waals surface area contributed by atoms with Crippen LogP contribution in [0.2, 0.25) is 0 Å². The summed E-state index contributed by atoms with van der Waals surface area (Å²) in [7, 11) is 1.82. The first-order valence-corrected chi connectivity index (χ1v) is 5.45. The summed E-state index contributed by atoms with van der Waals surface area (Å²) in [6, 6.07) is 7.31. The van der Waals surface area contributed by atoms with Gasteiger partial charge in [0, 0.05) is 7.05 Å². The number of hydrogen-bond acceptors (Lipinski definition) is 5. The van der Waals surface area contributed by atoms with Crippen molar-refractivity contribution < 1.29 is 9.94 Å². The van der Waals surface area contributed by atoms with E-state index in [1.54, 1.807) is 11.6 Å². The monoisotopic (exact) mass is 246 g/mol. The predicted molar refractivity (Wildman–Crippen MR) is 65.8 cm³/mol. The van der Waals surface area contributed by atoms with Gasteiger partial charge in [0.2, 0.25) is 0 Å². The summed E-state index contributed by atoms with van der Waals surface area (Å²) in [5, 5.41) is 15.8. The Kier molecular flexibility index (Phi) is 3.57. The molecule has 0 saturated heterocycles. The van der Waals surface area contributed by atoms with E-state index in [-0.39, 0.29) is 0 Å². The highest BCUT2D eigenvalue weighted by atomic mass is 16.5. The first-order chi connectivity index (χ1) is 8.70. The topological polar surface area (TPSA) is 72.5 Å². The molecular formula is C12H14N4O2. The van der Waals surface area contributed by atoms with Gasteiger partial charge in [0.15, 0.2) is 5.82 Å². The molecule has 94 valence electrons. The van der Waals surface area contributed by atoms with E-state index < -0.39 is 0 Å². The van der Waals surface area contributed by atoms with Crippen LogP contribution in [-0.2, 0) is 13.7 Å². The van der Waals surface area contributed by atoms with Crippen molar-refractivity contribution in [1.82, 2.24) is 14.8 Å².